The minimum absolute atomic E-state index is 0.205. The lowest BCUT2D eigenvalue weighted by atomic mass is 10.3. The van der Waals surface area contributed by atoms with E-state index in [0.717, 1.165) is 4.88 Å². The highest BCUT2D eigenvalue weighted by Crippen LogP contribution is 2.07. The van der Waals surface area contributed by atoms with E-state index in [1.807, 2.05) is 17.5 Å². The average molecular weight is 235 g/mol. The Morgan fingerprint density at radius 1 is 1.44 bits per heavy atom. The number of amides is 1. The van der Waals surface area contributed by atoms with Crippen LogP contribution >= 0.6 is 11.3 Å². The van der Waals surface area contributed by atoms with Gasteiger partial charge in [0.1, 0.15) is 5.69 Å². The number of thiophene rings is 1. The van der Waals surface area contributed by atoms with Crippen molar-refractivity contribution < 1.29 is 4.79 Å². The summed E-state index contributed by atoms with van der Waals surface area (Å²) < 4.78 is 0. The smallest absolute Gasteiger partial charge is 0.272 e. The number of aromatic nitrogens is 2. The first-order valence-corrected chi connectivity index (χ1v) is 5.50. The average Bonchev–Trinajstić information content (AvgIpc) is 2.80. The molecule has 0 aliphatic rings. The lowest BCUT2D eigenvalue weighted by Gasteiger charge is -2.01. The highest BCUT2D eigenvalue weighted by molar-refractivity contribution is 7.09. The van der Waals surface area contributed by atoms with Crippen molar-refractivity contribution in [1.29, 1.82) is 0 Å². The Morgan fingerprint density at radius 2 is 2.31 bits per heavy atom. The van der Waals surface area contributed by atoms with E-state index in [2.05, 4.69) is 15.5 Å². The molecule has 82 valence electrons. The van der Waals surface area contributed by atoms with Crippen LogP contribution in [0.3, 0.4) is 0 Å². The summed E-state index contributed by atoms with van der Waals surface area (Å²) in [4.78, 5) is 23.4. The molecule has 0 radical (unpaired) electrons. The van der Waals surface area contributed by atoms with Crippen molar-refractivity contribution in [1.82, 2.24) is 15.5 Å². The van der Waals surface area contributed by atoms with Crippen molar-refractivity contribution in [2.45, 2.75) is 6.54 Å². The van der Waals surface area contributed by atoms with Gasteiger partial charge in [-0.15, -0.1) is 11.3 Å². The molecular weight excluding hydrogens is 226 g/mol. The predicted octanol–water partition coefficient (Wildman–Crippen LogP) is 0.761. The second-order valence-electron chi connectivity index (χ2n) is 3.07. The van der Waals surface area contributed by atoms with Crippen LogP contribution in [-0.2, 0) is 6.54 Å². The number of hydrogen-bond acceptors (Lipinski definition) is 4. The zero-order chi connectivity index (χ0) is 11.4. The van der Waals surface area contributed by atoms with Crippen LogP contribution in [0.4, 0.5) is 0 Å². The van der Waals surface area contributed by atoms with Gasteiger partial charge in [0.25, 0.3) is 11.5 Å². The van der Waals surface area contributed by atoms with Gasteiger partial charge in [-0.25, -0.2) is 5.10 Å². The molecule has 16 heavy (non-hydrogen) atoms. The minimum Gasteiger partial charge on any atom is -0.346 e. The van der Waals surface area contributed by atoms with E-state index in [0.29, 0.717) is 6.54 Å². The van der Waals surface area contributed by atoms with Gasteiger partial charge < -0.3 is 5.32 Å². The Balaban J connectivity index is 1.98. The van der Waals surface area contributed by atoms with E-state index in [1.54, 1.807) is 11.3 Å². The zero-order valence-electron chi connectivity index (χ0n) is 8.27. The van der Waals surface area contributed by atoms with Crippen LogP contribution in [0.2, 0.25) is 0 Å². The van der Waals surface area contributed by atoms with Crippen molar-refractivity contribution in [3.8, 4) is 0 Å². The van der Waals surface area contributed by atoms with Gasteiger partial charge in [0.2, 0.25) is 0 Å². The fourth-order valence-electron chi connectivity index (χ4n) is 1.14. The Bertz CT molecular complexity index is 513. The lowest BCUT2D eigenvalue weighted by molar-refractivity contribution is 0.0945. The first-order chi connectivity index (χ1) is 7.75. The summed E-state index contributed by atoms with van der Waals surface area (Å²) in [6.45, 7) is 0.470. The van der Waals surface area contributed by atoms with Crippen LogP contribution in [0.5, 0.6) is 0 Å². The third-order valence-corrected chi connectivity index (χ3v) is 2.79. The van der Waals surface area contributed by atoms with Gasteiger partial charge in [-0.2, -0.15) is 5.10 Å². The van der Waals surface area contributed by atoms with Crippen LogP contribution in [0, 0.1) is 0 Å². The molecule has 2 heterocycles. The topological polar surface area (TPSA) is 74.8 Å². The largest absolute Gasteiger partial charge is 0.346 e. The van der Waals surface area contributed by atoms with E-state index in [9.17, 15) is 9.59 Å². The molecule has 2 rings (SSSR count). The number of nitrogens with zero attached hydrogens (tertiary/aromatic N) is 1. The summed E-state index contributed by atoms with van der Waals surface area (Å²) in [5.41, 5.74) is -0.119. The SMILES string of the molecule is O=C(NCc1cccs1)c1ccc(=O)[nH]n1. The molecule has 2 aromatic rings. The normalized spacial score (nSPS) is 10.0. The summed E-state index contributed by atoms with van der Waals surface area (Å²) in [5.74, 6) is -0.301. The molecular formula is C10H9N3O2S. The van der Waals surface area contributed by atoms with Crippen LogP contribution in [0.15, 0.2) is 34.4 Å². The molecule has 1 amide bonds. The molecule has 6 heteroatoms. The number of rotatable bonds is 3. The third kappa shape index (κ3) is 2.54. The van der Waals surface area contributed by atoms with E-state index in [-0.39, 0.29) is 17.2 Å². The Labute approximate surface area is 95.1 Å². The first kappa shape index (κ1) is 10.6. The van der Waals surface area contributed by atoms with Crippen molar-refractivity contribution in [3.05, 3.63) is 50.6 Å². The standard InChI is InChI=1S/C10H9N3O2S/c14-9-4-3-8(12-13-9)10(15)11-6-7-2-1-5-16-7/h1-5H,6H2,(H,11,15)(H,13,14). The molecule has 0 saturated carbocycles. The van der Waals surface area contributed by atoms with E-state index in [4.69, 9.17) is 0 Å². The quantitative estimate of drug-likeness (QED) is 0.824. The third-order valence-electron chi connectivity index (χ3n) is 1.92. The molecule has 0 saturated heterocycles. The monoisotopic (exact) mass is 235 g/mol. The molecule has 0 aromatic carbocycles. The lowest BCUT2D eigenvalue weighted by Crippen LogP contribution is -2.24. The summed E-state index contributed by atoms with van der Waals surface area (Å²) in [7, 11) is 0. The Kier molecular flexibility index (Phi) is 3.11. The second-order valence-corrected chi connectivity index (χ2v) is 4.10. The summed E-state index contributed by atoms with van der Waals surface area (Å²) in [6.07, 6.45) is 0. The highest BCUT2D eigenvalue weighted by atomic mass is 32.1. The highest BCUT2D eigenvalue weighted by Gasteiger charge is 2.06. The van der Waals surface area contributed by atoms with Crippen molar-refractivity contribution in [2.24, 2.45) is 0 Å². The van der Waals surface area contributed by atoms with Crippen LogP contribution in [-0.4, -0.2) is 16.1 Å². The van der Waals surface area contributed by atoms with Gasteiger partial charge in [-0.3, -0.25) is 9.59 Å². The summed E-state index contributed by atoms with van der Waals surface area (Å²) in [6, 6.07) is 6.52. The number of hydrogen-bond donors (Lipinski definition) is 2. The second kappa shape index (κ2) is 4.71. The number of H-pyrrole nitrogens is 1. The van der Waals surface area contributed by atoms with Crippen molar-refractivity contribution in [2.75, 3.05) is 0 Å². The van der Waals surface area contributed by atoms with Gasteiger partial charge in [-0.05, 0) is 17.5 Å². The van der Waals surface area contributed by atoms with Crippen LogP contribution < -0.4 is 10.9 Å². The fraction of sp³-hybridized carbons (Fsp3) is 0.100. The van der Waals surface area contributed by atoms with E-state index in [1.165, 1.54) is 12.1 Å². The molecule has 2 aromatic heterocycles. The number of aromatic amines is 1. The maximum atomic E-state index is 11.6. The predicted molar refractivity (Wildman–Crippen MR) is 60.3 cm³/mol. The molecule has 0 aliphatic heterocycles. The molecule has 0 bridgehead atoms. The molecule has 0 unspecified atom stereocenters. The summed E-state index contributed by atoms with van der Waals surface area (Å²) in [5, 5.41) is 10.5. The van der Waals surface area contributed by atoms with Gasteiger partial charge in [0.05, 0.1) is 6.54 Å². The van der Waals surface area contributed by atoms with E-state index < -0.39 is 0 Å². The number of nitrogens with one attached hydrogen (secondary N) is 2. The van der Waals surface area contributed by atoms with E-state index >= 15 is 0 Å². The van der Waals surface area contributed by atoms with Crippen molar-refractivity contribution >= 4 is 17.2 Å². The first-order valence-electron chi connectivity index (χ1n) is 4.62. The minimum atomic E-state index is -0.324. The zero-order valence-corrected chi connectivity index (χ0v) is 9.08. The number of carbonyl (C=O) groups excluding carboxylic acids is 1. The van der Waals surface area contributed by atoms with Crippen molar-refractivity contribution in [3.63, 3.8) is 0 Å². The number of carbonyl (C=O) groups is 1. The maximum Gasteiger partial charge on any atom is 0.272 e. The summed E-state index contributed by atoms with van der Waals surface area (Å²) >= 11 is 1.57. The molecule has 2 N–H and O–H groups in total. The molecule has 5 nitrogen and oxygen atoms in total. The van der Waals surface area contributed by atoms with Gasteiger partial charge in [-0.1, -0.05) is 6.07 Å². The molecule has 0 fully saturated rings. The van der Waals surface area contributed by atoms with Gasteiger partial charge in [0.15, 0.2) is 0 Å². The Morgan fingerprint density at radius 3 is 2.94 bits per heavy atom. The molecule has 0 aliphatic carbocycles. The fourth-order valence-corrected chi connectivity index (χ4v) is 1.79. The maximum absolute atomic E-state index is 11.6. The Hall–Kier alpha value is -1.95. The van der Waals surface area contributed by atoms with Crippen LogP contribution in [0.25, 0.3) is 0 Å². The van der Waals surface area contributed by atoms with Gasteiger partial charge >= 0.3 is 0 Å². The van der Waals surface area contributed by atoms with Gasteiger partial charge in [0, 0.05) is 10.9 Å². The molecule has 0 atom stereocenters. The van der Waals surface area contributed by atoms with Crippen LogP contribution in [0.1, 0.15) is 15.4 Å². The molecule has 0 spiro atoms.